The molecule has 0 aliphatic heterocycles. The topological polar surface area (TPSA) is 59.4 Å². The number of fused-ring (bicyclic) bond motifs is 1. The number of aliphatic carboxylic acids is 1. The zero-order valence-electron chi connectivity index (χ0n) is 11.0. The lowest BCUT2D eigenvalue weighted by Crippen LogP contribution is -2.28. The number of carboxylic acid groups (broad SMARTS) is 1. The van der Waals surface area contributed by atoms with Crippen LogP contribution < -0.4 is 4.74 Å². The third-order valence-corrected chi connectivity index (χ3v) is 2.85. The van der Waals surface area contributed by atoms with Crippen molar-refractivity contribution < 1.29 is 14.6 Å². The molecule has 1 N–H and O–H groups in total. The van der Waals surface area contributed by atoms with Crippen LogP contribution in [0.4, 0.5) is 0 Å². The van der Waals surface area contributed by atoms with Crippen molar-refractivity contribution in [2.45, 2.75) is 26.4 Å². The van der Waals surface area contributed by atoms with Gasteiger partial charge in [0.1, 0.15) is 5.75 Å². The van der Waals surface area contributed by atoms with Crippen molar-refractivity contribution in [1.82, 2.24) is 4.98 Å². The van der Waals surface area contributed by atoms with Gasteiger partial charge in [0.2, 0.25) is 0 Å². The van der Waals surface area contributed by atoms with Gasteiger partial charge in [0.05, 0.1) is 0 Å². The Morgan fingerprint density at radius 1 is 1.32 bits per heavy atom. The van der Waals surface area contributed by atoms with Crippen LogP contribution >= 0.6 is 0 Å². The molecule has 4 heteroatoms. The van der Waals surface area contributed by atoms with E-state index in [0.717, 1.165) is 10.8 Å². The smallest absolute Gasteiger partial charge is 0.344 e. The molecule has 0 bridgehead atoms. The Balaban J connectivity index is 2.21. The highest BCUT2D eigenvalue weighted by molar-refractivity contribution is 5.83. The highest BCUT2D eigenvalue weighted by atomic mass is 16.5. The average Bonchev–Trinajstić information content (AvgIpc) is 2.37. The molecule has 1 aromatic heterocycles. The number of ether oxygens (including phenoxy) is 1. The molecular weight excluding hydrogens is 242 g/mol. The largest absolute Gasteiger partial charge is 0.479 e. The standard InChI is InChI=1S/C15H17NO3/c1-10(2)7-14(15(17)18)19-13-4-3-11-5-6-16-9-12(11)8-13/h3-6,8-10,14H,7H2,1-2H3,(H,17,18)/t14-/m0/s1. The van der Waals surface area contributed by atoms with E-state index in [1.807, 2.05) is 32.0 Å². The molecule has 100 valence electrons. The second kappa shape index (κ2) is 5.69. The molecule has 1 aromatic carbocycles. The number of aromatic nitrogens is 1. The van der Waals surface area contributed by atoms with Crippen LogP contribution in [0, 0.1) is 5.92 Å². The van der Waals surface area contributed by atoms with Gasteiger partial charge in [0.25, 0.3) is 0 Å². The molecular formula is C15H17NO3. The minimum Gasteiger partial charge on any atom is -0.479 e. The van der Waals surface area contributed by atoms with Gasteiger partial charge in [-0.2, -0.15) is 0 Å². The summed E-state index contributed by atoms with van der Waals surface area (Å²) >= 11 is 0. The summed E-state index contributed by atoms with van der Waals surface area (Å²) in [5, 5.41) is 11.2. The van der Waals surface area contributed by atoms with Gasteiger partial charge in [0.15, 0.2) is 6.10 Å². The van der Waals surface area contributed by atoms with E-state index in [-0.39, 0.29) is 5.92 Å². The van der Waals surface area contributed by atoms with Gasteiger partial charge >= 0.3 is 5.97 Å². The van der Waals surface area contributed by atoms with E-state index in [9.17, 15) is 4.79 Å². The van der Waals surface area contributed by atoms with E-state index < -0.39 is 12.1 Å². The summed E-state index contributed by atoms with van der Waals surface area (Å²) in [5.41, 5.74) is 0. The molecule has 0 saturated heterocycles. The molecule has 0 radical (unpaired) electrons. The number of nitrogens with zero attached hydrogens (tertiary/aromatic N) is 1. The van der Waals surface area contributed by atoms with Crippen LogP contribution in [-0.2, 0) is 4.79 Å². The predicted molar refractivity (Wildman–Crippen MR) is 73.2 cm³/mol. The second-order valence-corrected chi connectivity index (χ2v) is 4.96. The lowest BCUT2D eigenvalue weighted by molar-refractivity contribution is -0.145. The minimum atomic E-state index is -0.931. The van der Waals surface area contributed by atoms with Crippen molar-refractivity contribution in [2.24, 2.45) is 5.92 Å². The lowest BCUT2D eigenvalue weighted by atomic mass is 10.1. The molecule has 0 aliphatic rings. The fourth-order valence-corrected chi connectivity index (χ4v) is 1.93. The van der Waals surface area contributed by atoms with E-state index >= 15 is 0 Å². The van der Waals surface area contributed by atoms with Crippen LogP contribution in [0.25, 0.3) is 10.8 Å². The van der Waals surface area contributed by atoms with E-state index in [0.29, 0.717) is 12.2 Å². The van der Waals surface area contributed by atoms with Crippen LogP contribution in [0.3, 0.4) is 0 Å². The molecule has 4 nitrogen and oxygen atoms in total. The molecule has 19 heavy (non-hydrogen) atoms. The van der Waals surface area contributed by atoms with Gasteiger partial charge in [-0.1, -0.05) is 19.9 Å². The van der Waals surface area contributed by atoms with E-state index in [1.54, 1.807) is 18.5 Å². The fraction of sp³-hybridized carbons (Fsp3) is 0.333. The van der Waals surface area contributed by atoms with Gasteiger partial charge in [-0.25, -0.2) is 4.79 Å². The number of rotatable bonds is 5. The van der Waals surface area contributed by atoms with Gasteiger partial charge in [0, 0.05) is 17.8 Å². The van der Waals surface area contributed by atoms with Crippen molar-refractivity contribution in [3.63, 3.8) is 0 Å². The number of pyridine rings is 1. The number of hydrogen-bond donors (Lipinski definition) is 1. The van der Waals surface area contributed by atoms with E-state index in [2.05, 4.69) is 4.98 Å². The summed E-state index contributed by atoms with van der Waals surface area (Å²) in [6.07, 6.45) is 3.14. The van der Waals surface area contributed by atoms with Crippen molar-refractivity contribution >= 4 is 16.7 Å². The Kier molecular flexibility index (Phi) is 4.00. The van der Waals surface area contributed by atoms with Crippen LogP contribution in [0.2, 0.25) is 0 Å². The summed E-state index contributed by atoms with van der Waals surface area (Å²) in [5.74, 6) is -0.100. The monoisotopic (exact) mass is 259 g/mol. The molecule has 0 spiro atoms. The first-order valence-electron chi connectivity index (χ1n) is 6.29. The first-order valence-corrected chi connectivity index (χ1v) is 6.29. The summed E-state index contributed by atoms with van der Waals surface area (Å²) in [4.78, 5) is 15.2. The number of hydrogen-bond acceptors (Lipinski definition) is 3. The molecule has 2 rings (SSSR count). The highest BCUT2D eigenvalue weighted by Gasteiger charge is 2.20. The average molecular weight is 259 g/mol. The molecule has 0 aliphatic carbocycles. The SMILES string of the molecule is CC(C)C[C@H](Oc1ccc2ccncc2c1)C(=O)O. The van der Waals surface area contributed by atoms with Crippen LogP contribution in [0.5, 0.6) is 5.75 Å². The zero-order chi connectivity index (χ0) is 13.8. The Labute approximate surface area is 112 Å². The van der Waals surface area contributed by atoms with E-state index in [4.69, 9.17) is 9.84 Å². The second-order valence-electron chi connectivity index (χ2n) is 4.96. The van der Waals surface area contributed by atoms with Crippen LogP contribution in [0.15, 0.2) is 36.7 Å². The van der Waals surface area contributed by atoms with Crippen LogP contribution in [0.1, 0.15) is 20.3 Å². The predicted octanol–water partition coefficient (Wildman–Crippen LogP) is 3.11. The molecule has 1 heterocycles. The maximum atomic E-state index is 11.2. The summed E-state index contributed by atoms with van der Waals surface area (Å²) in [6.45, 7) is 3.95. The molecule has 0 saturated carbocycles. The summed E-state index contributed by atoms with van der Waals surface area (Å²) < 4.78 is 5.57. The zero-order valence-corrected chi connectivity index (χ0v) is 11.0. The van der Waals surface area contributed by atoms with Crippen molar-refractivity contribution in [2.75, 3.05) is 0 Å². The molecule has 0 amide bonds. The maximum absolute atomic E-state index is 11.2. The van der Waals surface area contributed by atoms with Crippen molar-refractivity contribution in [3.8, 4) is 5.75 Å². The van der Waals surface area contributed by atoms with Gasteiger partial charge in [-0.3, -0.25) is 4.98 Å². The summed E-state index contributed by atoms with van der Waals surface area (Å²) in [7, 11) is 0. The van der Waals surface area contributed by atoms with Crippen molar-refractivity contribution in [3.05, 3.63) is 36.7 Å². The van der Waals surface area contributed by atoms with E-state index in [1.165, 1.54) is 0 Å². The quantitative estimate of drug-likeness (QED) is 0.896. The fourth-order valence-electron chi connectivity index (χ4n) is 1.93. The normalized spacial score (nSPS) is 12.6. The molecule has 1 atom stereocenters. The molecule has 0 fully saturated rings. The minimum absolute atomic E-state index is 0.267. The van der Waals surface area contributed by atoms with Gasteiger partial charge in [-0.15, -0.1) is 0 Å². The Hall–Kier alpha value is -2.10. The van der Waals surface area contributed by atoms with Gasteiger partial charge in [-0.05, 0) is 35.9 Å². The maximum Gasteiger partial charge on any atom is 0.344 e. The Morgan fingerprint density at radius 3 is 2.79 bits per heavy atom. The molecule has 0 unspecified atom stereocenters. The number of carbonyl (C=O) groups is 1. The molecule has 2 aromatic rings. The highest BCUT2D eigenvalue weighted by Crippen LogP contribution is 2.22. The third-order valence-electron chi connectivity index (χ3n) is 2.85. The first kappa shape index (κ1) is 13.3. The van der Waals surface area contributed by atoms with Crippen LogP contribution in [-0.4, -0.2) is 22.2 Å². The van der Waals surface area contributed by atoms with Crippen molar-refractivity contribution in [1.29, 1.82) is 0 Å². The first-order chi connectivity index (χ1) is 9.06. The lowest BCUT2D eigenvalue weighted by Gasteiger charge is -2.17. The third kappa shape index (κ3) is 3.44. The van der Waals surface area contributed by atoms with Gasteiger partial charge < -0.3 is 9.84 Å². The number of carboxylic acids is 1. The summed E-state index contributed by atoms with van der Waals surface area (Å²) in [6, 6.07) is 7.42. The Bertz CT molecular complexity index is 580. The Morgan fingerprint density at radius 2 is 2.11 bits per heavy atom. The number of benzene rings is 1.